The Morgan fingerprint density at radius 2 is 2.50 bits per heavy atom. The van der Waals surface area contributed by atoms with Crippen LogP contribution in [0.4, 0.5) is 5.82 Å². The van der Waals surface area contributed by atoms with Gasteiger partial charge in [0.15, 0.2) is 0 Å². The van der Waals surface area contributed by atoms with Crippen LogP contribution in [-0.2, 0) is 4.74 Å². The van der Waals surface area contributed by atoms with Crippen LogP contribution >= 0.6 is 15.9 Å². The predicted molar refractivity (Wildman–Crippen MR) is 57.2 cm³/mol. The molecule has 0 bridgehead atoms. The maximum Gasteiger partial charge on any atom is 0.144 e. The topological polar surface area (TPSA) is 47.0 Å². The molecule has 14 heavy (non-hydrogen) atoms. The lowest BCUT2D eigenvalue weighted by Crippen LogP contribution is -2.35. The second-order valence-corrected chi connectivity index (χ2v) is 4.56. The first-order chi connectivity index (χ1) is 6.70. The molecule has 0 amide bonds. The van der Waals surface area contributed by atoms with E-state index in [1.165, 1.54) is 6.33 Å². The van der Waals surface area contributed by atoms with E-state index in [1.807, 2.05) is 0 Å². The van der Waals surface area contributed by atoms with E-state index in [1.54, 1.807) is 6.20 Å². The average Bonchev–Trinajstić information content (AvgIpc) is 2.57. The summed E-state index contributed by atoms with van der Waals surface area (Å²) in [6, 6.07) is 0. The molecule has 0 aliphatic carbocycles. The van der Waals surface area contributed by atoms with Crippen molar-refractivity contribution in [1.29, 1.82) is 0 Å². The van der Waals surface area contributed by atoms with Gasteiger partial charge >= 0.3 is 0 Å². The molecular weight excluding hydrogens is 246 g/mol. The highest BCUT2D eigenvalue weighted by atomic mass is 79.9. The van der Waals surface area contributed by atoms with Crippen molar-refractivity contribution in [3.05, 3.63) is 17.0 Å². The van der Waals surface area contributed by atoms with Gasteiger partial charge < -0.3 is 10.1 Å². The van der Waals surface area contributed by atoms with Crippen molar-refractivity contribution in [2.75, 3.05) is 18.5 Å². The molecule has 5 heteroatoms. The van der Waals surface area contributed by atoms with Gasteiger partial charge in [-0.25, -0.2) is 9.97 Å². The number of anilines is 1. The number of nitrogens with one attached hydrogen (secondary N) is 1. The van der Waals surface area contributed by atoms with Gasteiger partial charge in [-0.05, 0) is 29.3 Å². The molecule has 2 heterocycles. The smallest absolute Gasteiger partial charge is 0.144 e. The summed E-state index contributed by atoms with van der Waals surface area (Å²) in [6.45, 7) is 3.67. The third-order valence-corrected chi connectivity index (χ3v) is 2.89. The van der Waals surface area contributed by atoms with Crippen molar-refractivity contribution in [1.82, 2.24) is 9.97 Å². The van der Waals surface area contributed by atoms with Gasteiger partial charge in [-0.1, -0.05) is 0 Å². The quantitative estimate of drug-likeness (QED) is 0.879. The Hall–Kier alpha value is -0.680. The molecule has 2 rings (SSSR count). The van der Waals surface area contributed by atoms with Crippen molar-refractivity contribution in [3.63, 3.8) is 0 Å². The first-order valence-electron chi connectivity index (χ1n) is 4.51. The van der Waals surface area contributed by atoms with Crippen LogP contribution in [0.5, 0.6) is 0 Å². The molecule has 1 aromatic rings. The Bertz CT molecular complexity index is 326. The summed E-state index contributed by atoms with van der Waals surface area (Å²) in [5.41, 5.74) is -0.00310. The summed E-state index contributed by atoms with van der Waals surface area (Å²) >= 11 is 3.40. The molecule has 0 radical (unpaired) electrons. The molecule has 1 fully saturated rings. The largest absolute Gasteiger partial charge is 0.379 e. The number of nitrogens with zero attached hydrogens (tertiary/aromatic N) is 2. The first-order valence-corrected chi connectivity index (χ1v) is 5.30. The van der Waals surface area contributed by atoms with Crippen LogP contribution in [0.3, 0.4) is 0 Å². The number of aromatic nitrogens is 2. The fourth-order valence-electron chi connectivity index (χ4n) is 1.46. The van der Waals surface area contributed by atoms with E-state index in [4.69, 9.17) is 4.74 Å². The van der Waals surface area contributed by atoms with Gasteiger partial charge in [0.1, 0.15) is 12.1 Å². The lowest BCUT2D eigenvalue weighted by atomic mass is 10.0. The Balaban J connectivity index is 2.14. The van der Waals surface area contributed by atoms with Crippen LogP contribution in [0.25, 0.3) is 0 Å². The first kappa shape index (κ1) is 9.86. The predicted octanol–water partition coefficient (Wildman–Crippen LogP) is 1.83. The third-order valence-electron chi connectivity index (χ3n) is 2.31. The van der Waals surface area contributed by atoms with E-state index in [-0.39, 0.29) is 5.54 Å². The van der Waals surface area contributed by atoms with E-state index in [2.05, 4.69) is 38.1 Å². The molecule has 1 aliphatic heterocycles. The molecule has 0 spiro atoms. The molecule has 1 aliphatic rings. The Morgan fingerprint density at radius 3 is 3.14 bits per heavy atom. The zero-order valence-electron chi connectivity index (χ0n) is 7.96. The van der Waals surface area contributed by atoms with E-state index in [9.17, 15) is 0 Å². The number of ether oxygens (including phenoxy) is 1. The van der Waals surface area contributed by atoms with Crippen molar-refractivity contribution in [3.8, 4) is 0 Å². The van der Waals surface area contributed by atoms with E-state index >= 15 is 0 Å². The molecule has 1 aromatic heterocycles. The van der Waals surface area contributed by atoms with Crippen LogP contribution < -0.4 is 5.32 Å². The minimum atomic E-state index is -0.00310. The molecule has 1 atom stereocenters. The molecule has 1 saturated heterocycles. The minimum absolute atomic E-state index is 0.00310. The number of rotatable bonds is 2. The number of hydrogen-bond acceptors (Lipinski definition) is 4. The lowest BCUT2D eigenvalue weighted by molar-refractivity contribution is 0.185. The van der Waals surface area contributed by atoms with Crippen LogP contribution in [0.1, 0.15) is 13.3 Å². The van der Waals surface area contributed by atoms with E-state index in [0.717, 1.165) is 29.9 Å². The van der Waals surface area contributed by atoms with Crippen molar-refractivity contribution >= 4 is 21.7 Å². The summed E-state index contributed by atoms with van der Waals surface area (Å²) in [6.07, 6.45) is 4.27. The number of halogens is 1. The molecular formula is C9H12BrN3O. The van der Waals surface area contributed by atoms with Crippen molar-refractivity contribution in [2.24, 2.45) is 0 Å². The summed E-state index contributed by atoms with van der Waals surface area (Å²) < 4.78 is 6.23. The standard InChI is InChI=1S/C9H12BrN3O/c1-9(2-3-14-5-9)13-8-7(10)4-11-6-12-8/h4,6H,2-3,5H2,1H3,(H,11,12,13). The van der Waals surface area contributed by atoms with E-state index < -0.39 is 0 Å². The Labute approximate surface area is 91.2 Å². The van der Waals surface area contributed by atoms with Crippen LogP contribution in [0, 0.1) is 0 Å². The summed E-state index contributed by atoms with van der Waals surface area (Å²) in [7, 11) is 0. The van der Waals surface area contributed by atoms with Crippen LogP contribution in [-0.4, -0.2) is 28.7 Å². The van der Waals surface area contributed by atoms with Gasteiger partial charge in [0.25, 0.3) is 0 Å². The van der Waals surface area contributed by atoms with Gasteiger partial charge in [-0.3, -0.25) is 0 Å². The maximum absolute atomic E-state index is 5.35. The summed E-state index contributed by atoms with van der Waals surface area (Å²) in [4.78, 5) is 8.08. The van der Waals surface area contributed by atoms with Gasteiger partial charge in [-0.15, -0.1) is 0 Å². The molecule has 1 unspecified atom stereocenters. The normalized spacial score (nSPS) is 26.4. The monoisotopic (exact) mass is 257 g/mol. The second kappa shape index (κ2) is 3.82. The fraction of sp³-hybridized carbons (Fsp3) is 0.556. The summed E-state index contributed by atoms with van der Waals surface area (Å²) in [5.74, 6) is 0.827. The number of hydrogen-bond donors (Lipinski definition) is 1. The second-order valence-electron chi connectivity index (χ2n) is 3.71. The van der Waals surface area contributed by atoms with Gasteiger partial charge in [0, 0.05) is 12.8 Å². The van der Waals surface area contributed by atoms with Crippen LogP contribution in [0.15, 0.2) is 17.0 Å². The average molecular weight is 258 g/mol. The van der Waals surface area contributed by atoms with Crippen molar-refractivity contribution < 1.29 is 4.74 Å². The van der Waals surface area contributed by atoms with Crippen molar-refractivity contribution in [2.45, 2.75) is 18.9 Å². The lowest BCUT2D eigenvalue weighted by Gasteiger charge is -2.24. The SMILES string of the molecule is CC1(Nc2ncncc2Br)CCOC1. The van der Waals surface area contributed by atoms with E-state index in [0.29, 0.717) is 0 Å². The molecule has 4 nitrogen and oxygen atoms in total. The minimum Gasteiger partial charge on any atom is -0.379 e. The summed E-state index contributed by atoms with van der Waals surface area (Å²) in [5, 5.41) is 3.36. The fourth-order valence-corrected chi connectivity index (χ4v) is 1.78. The van der Waals surface area contributed by atoms with Gasteiger partial charge in [0.05, 0.1) is 16.6 Å². The maximum atomic E-state index is 5.35. The Kier molecular flexibility index (Phi) is 2.69. The highest BCUT2D eigenvalue weighted by molar-refractivity contribution is 9.10. The highest BCUT2D eigenvalue weighted by Crippen LogP contribution is 2.26. The third kappa shape index (κ3) is 2.04. The molecule has 0 aromatic carbocycles. The molecule has 1 N–H and O–H groups in total. The highest BCUT2D eigenvalue weighted by Gasteiger charge is 2.30. The van der Waals surface area contributed by atoms with Crippen LogP contribution in [0.2, 0.25) is 0 Å². The van der Waals surface area contributed by atoms with Gasteiger partial charge in [-0.2, -0.15) is 0 Å². The molecule has 0 saturated carbocycles. The Morgan fingerprint density at radius 1 is 1.64 bits per heavy atom. The van der Waals surface area contributed by atoms with Gasteiger partial charge in [0.2, 0.25) is 0 Å². The zero-order chi connectivity index (χ0) is 10.0. The zero-order valence-corrected chi connectivity index (χ0v) is 9.54. The molecule has 76 valence electrons.